The van der Waals surface area contributed by atoms with Gasteiger partial charge in [0, 0.05) is 56.0 Å². The Kier molecular flexibility index (Phi) is 8.38. The van der Waals surface area contributed by atoms with Crippen LogP contribution in [-0.2, 0) is 14.4 Å². The summed E-state index contributed by atoms with van der Waals surface area (Å²) in [7, 11) is 0. The molecule has 0 aromatic rings. The maximum atomic E-state index is 13.6. The Morgan fingerprint density at radius 3 is 2.60 bits per heavy atom. The number of nitrogens with one attached hydrogen (secondary N) is 5. The SMILES string of the molecule is CC(=O)NC1CCCC(C2CC(C(=O)NCC3C(=O)NC(C)CC3C)C3CNN(C(C)C)C3N2)C1. The van der Waals surface area contributed by atoms with Crippen LogP contribution in [0.25, 0.3) is 0 Å². The lowest BCUT2D eigenvalue weighted by molar-refractivity contribution is -0.132. The van der Waals surface area contributed by atoms with Crippen LogP contribution in [0.1, 0.15) is 73.1 Å². The summed E-state index contributed by atoms with van der Waals surface area (Å²) >= 11 is 0. The summed E-state index contributed by atoms with van der Waals surface area (Å²) < 4.78 is 0. The van der Waals surface area contributed by atoms with Gasteiger partial charge >= 0.3 is 0 Å². The predicted octanol–water partition coefficient (Wildman–Crippen LogP) is 1.11. The first-order chi connectivity index (χ1) is 16.6. The molecule has 0 bridgehead atoms. The fourth-order valence-corrected chi connectivity index (χ4v) is 7.10. The van der Waals surface area contributed by atoms with Crippen molar-refractivity contribution in [2.75, 3.05) is 13.1 Å². The Labute approximate surface area is 210 Å². The van der Waals surface area contributed by atoms with Gasteiger partial charge in [-0.25, -0.2) is 5.01 Å². The minimum absolute atomic E-state index is 0.0333. The normalized spacial score (nSPS) is 40.2. The van der Waals surface area contributed by atoms with Crippen LogP contribution >= 0.6 is 0 Å². The van der Waals surface area contributed by atoms with E-state index in [-0.39, 0.29) is 65.7 Å². The highest BCUT2D eigenvalue weighted by Crippen LogP contribution is 2.38. The van der Waals surface area contributed by atoms with Crippen LogP contribution in [0.3, 0.4) is 0 Å². The van der Waals surface area contributed by atoms with E-state index in [1.54, 1.807) is 6.92 Å². The van der Waals surface area contributed by atoms with Gasteiger partial charge in [0.05, 0.1) is 12.1 Å². The minimum Gasteiger partial charge on any atom is -0.355 e. The molecular formula is C26H46N6O3. The van der Waals surface area contributed by atoms with Gasteiger partial charge in [0.25, 0.3) is 0 Å². The maximum Gasteiger partial charge on any atom is 0.225 e. The Balaban J connectivity index is 1.45. The fraction of sp³-hybridized carbons (Fsp3) is 0.885. The third-order valence-corrected chi connectivity index (χ3v) is 8.84. The van der Waals surface area contributed by atoms with Crippen molar-refractivity contribution in [3.05, 3.63) is 0 Å². The van der Waals surface area contributed by atoms with Crippen molar-refractivity contribution in [1.82, 2.24) is 31.7 Å². The number of amides is 3. The average Bonchev–Trinajstić information content (AvgIpc) is 3.21. The first-order valence-electron chi connectivity index (χ1n) is 13.8. The summed E-state index contributed by atoms with van der Waals surface area (Å²) in [6.07, 6.45) is 6.03. The van der Waals surface area contributed by atoms with E-state index in [4.69, 9.17) is 0 Å². The summed E-state index contributed by atoms with van der Waals surface area (Å²) in [4.78, 5) is 37.8. The fourth-order valence-electron chi connectivity index (χ4n) is 7.10. The first-order valence-corrected chi connectivity index (χ1v) is 13.8. The number of piperidine rings is 2. The van der Waals surface area contributed by atoms with Gasteiger partial charge in [-0.15, -0.1) is 0 Å². The van der Waals surface area contributed by atoms with Crippen molar-refractivity contribution >= 4 is 17.7 Å². The number of carbonyl (C=O) groups is 3. The molecular weight excluding hydrogens is 444 g/mol. The zero-order chi connectivity index (χ0) is 25.3. The van der Waals surface area contributed by atoms with Crippen LogP contribution in [-0.4, -0.2) is 66.2 Å². The molecule has 198 valence electrons. The highest BCUT2D eigenvalue weighted by molar-refractivity contribution is 5.83. The van der Waals surface area contributed by atoms with Crippen molar-refractivity contribution in [1.29, 1.82) is 0 Å². The van der Waals surface area contributed by atoms with Gasteiger partial charge in [-0.3, -0.25) is 25.1 Å². The molecule has 9 unspecified atom stereocenters. The monoisotopic (exact) mass is 490 g/mol. The number of hydrogen-bond acceptors (Lipinski definition) is 6. The van der Waals surface area contributed by atoms with Gasteiger partial charge in [-0.1, -0.05) is 13.3 Å². The van der Waals surface area contributed by atoms with Crippen molar-refractivity contribution in [3.8, 4) is 0 Å². The molecule has 4 rings (SSSR count). The van der Waals surface area contributed by atoms with Gasteiger partial charge in [0.15, 0.2) is 0 Å². The van der Waals surface area contributed by atoms with Crippen molar-refractivity contribution in [3.63, 3.8) is 0 Å². The van der Waals surface area contributed by atoms with Crippen molar-refractivity contribution in [2.24, 2.45) is 29.6 Å². The zero-order valence-electron chi connectivity index (χ0n) is 22.1. The minimum atomic E-state index is -0.172. The molecule has 0 aromatic carbocycles. The van der Waals surface area contributed by atoms with Gasteiger partial charge < -0.3 is 16.0 Å². The van der Waals surface area contributed by atoms with Gasteiger partial charge in [-0.2, -0.15) is 0 Å². The largest absolute Gasteiger partial charge is 0.355 e. The molecule has 3 heterocycles. The molecule has 3 amide bonds. The van der Waals surface area contributed by atoms with Crippen LogP contribution in [0, 0.1) is 29.6 Å². The summed E-state index contributed by atoms with van der Waals surface area (Å²) in [6, 6.07) is 0.947. The lowest BCUT2D eigenvalue weighted by Gasteiger charge is -2.46. The molecule has 35 heavy (non-hydrogen) atoms. The van der Waals surface area contributed by atoms with E-state index in [9.17, 15) is 14.4 Å². The lowest BCUT2D eigenvalue weighted by Crippen LogP contribution is -2.62. The number of fused-ring (bicyclic) bond motifs is 1. The van der Waals surface area contributed by atoms with Crippen LogP contribution in [0.4, 0.5) is 0 Å². The second kappa shape index (κ2) is 11.1. The highest BCUT2D eigenvalue weighted by atomic mass is 16.2. The summed E-state index contributed by atoms with van der Waals surface area (Å²) in [5, 5.41) is 15.5. The number of rotatable bonds is 6. The summed E-state index contributed by atoms with van der Waals surface area (Å²) in [5.41, 5.74) is 3.54. The van der Waals surface area contributed by atoms with E-state index in [1.165, 1.54) is 0 Å². The third kappa shape index (κ3) is 6.00. The molecule has 0 radical (unpaired) electrons. The molecule has 5 N–H and O–H groups in total. The van der Waals surface area contributed by atoms with Gasteiger partial charge in [-0.05, 0) is 64.7 Å². The molecule has 0 aromatic heterocycles. The second-order valence-electron chi connectivity index (χ2n) is 11.9. The molecule has 3 saturated heterocycles. The Hall–Kier alpha value is -1.71. The van der Waals surface area contributed by atoms with Crippen LogP contribution in [0.5, 0.6) is 0 Å². The van der Waals surface area contributed by atoms with Crippen molar-refractivity contribution < 1.29 is 14.4 Å². The number of nitrogens with zero attached hydrogens (tertiary/aromatic N) is 1. The molecule has 9 nitrogen and oxygen atoms in total. The molecule has 0 spiro atoms. The average molecular weight is 491 g/mol. The quantitative estimate of drug-likeness (QED) is 0.381. The molecule has 4 aliphatic rings. The summed E-state index contributed by atoms with van der Waals surface area (Å²) in [6.45, 7) is 11.3. The molecule has 9 atom stereocenters. The molecule has 1 aliphatic carbocycles. The first kappa shape index (κ1) is 26.4. The lowest BCUT2D eigenvalue weighted by atomic mass is 9.72. The predicted molar refractivity (Wildman–Crippen MR) is 135 cm³/mol. The Morgan fingerprint density at radius 1 is 1.14 bits per heavy atom. The van der Waals surface area contributed by atoms with Crippen LogP contribution in [0.2, 0.25) is 0 Å². The van der Waals surface area contributed by atoms with E-state index in [0.717, 1.165) is 45.1 Å². The van der Waals surface area contributed by atoms with Crippen LogP contribution < -0.4 is 26.7 Å². The molecule has 3 aliphatic heterocycles. The molecule has 1 saturated carbocycles. The number of hydrazine groups is 1. The standard InChI is InChI=1S/C26H46N6O3/c1-14(2)32-24-22(13-28-32)20(25(34)27-12-21-15(3)9-16(4)29-26(21)35)11-23(31-24)18-7-6-8-19(10-18)30-17(5)33/h14-16,18-24,28,31H,6-13H2,1-5H3,(H,27,34)(H,29,35)(H,30,33). The van der Waals surface area contributed by atoms with Crippen molar-refractivity contribution in [2.45, 2.75) is 103 Å². The van der Waals surface area contributed by atoms with E-state index in [0.29, 0.717) is 18.5 Å². The topological polar surface area (TPSA) is 115 Å². The number of carbonyl (C=O) groups excluding carboxylic acids is 3. The van der Waals surface area contributed by atoms with E-state index < -0.39 is 0 Å². The van der Waals surface area contributed by atoms with E-state index in [2.05, 4.69) is 52.5 Å². The third-order valence-electron chi connectivity index (χ3n) is 8.84. The number of hydrogen-bond donors (Lipinski definition) is 5. The van der Waals surface area contributed by atoms with Gasteiger partial charge in [0.2, 0.25) is 17.7 Å². The van der Waals surface area contributed by atoms with Crippen LogP contribution in [0.15, 0.2) is 0 Å². The Bertz CT molecular complexity index is 791. The van der Waals surface area contributed by atoms with Gasteiger partial charge in [0.1, 0.15) is 0 Å². The molecule has 4 fully saturated rings. The van der Waals surface area contributed by atoms with E-state index in [1.807, 2.05) is 6.92 Å². The highest BCUT2D eigenvalue weighted by Gasteiger charge is 2.49. The molecule has 9 heteroatoms. The maximum absolute atomic E-state index is 13.6. The zero-order valence-corrected chi connectivity index (χ0v) is 22.1. The summed E-state index contributed by atoms with van der Waals surface area (Å²) in [5.74, 6) is 0.747. The Morgan fingerprint density at radius 2 is 1.91 bits per heavy atom. The van der Waals surface area contributed by atoms with E-state index >= 15 is 0 Å². The smallest absolute Gasteiger partial charge is 0.225 e. The second-order valence-corrected chi connectivity index (χ2v) is 11.9.